The van der Waals surface area contributed by atoms with Crippen LogP contribution in [-0.4, -0.2) is 47.4 Å². The normalized spacial score (nSPS) is 34.6. The molecule has 3 aromatic rings. The number of nitrogens with zero attached hydrogens (tertiary/aromatic N) is 4. The third kappa shape index (κ3) is 16.3. The van der Waals surface area contributed by atoms with Crippen molar-refractivity contribution in [2.75, 3.05) is 26.4 Å². The Morgan fingerprint density at radius 2 is 0.603 bits per heavy atom. The zero-order valence-electron chi connectivity index (χ0n) is 46.1. The molecule has 12 saturated carbocycles. The quantitative estimate of drug-likeness (QED) is 0.140. The fourth-order valence-corrected chi connectivity index (χ4v) is 17.5. The van der Waals surface area contributed by atoms with E-state index in [0.717, 1.165) is 79.7 Å². The molecular formula is C63H88N4NaO2S2V-2. The molecule has 14 aliphatic rings. The Morgan fingerprint density at radius 1 is 0.425 bits per heavy atom. The third-order valence-corrected chi connectivity index (χ3v) is 19.4. The van der Waals surface area contributed by atoms with Gasteiger partial charge in [0.05, 0.1) is 0 Å². The summed E-state index contributed by atoms with van der Waals surface area (Å²) >= 11 is 10.6. The van der Waals surface area contributed by atoms with Gasteiger partial charge in [-0.3, -0.25) is 0 Å². The average Bonchev–Trinajstić information content (AvgIpc) is 4.06. The van der Waals surface area contributed by atoms with Crippen molar-refractivity contribution in [3.63, 3.8) is 0 Å². The van der Waals surface area contributed by atoms with Crippen molar-refractivity contribution in [2.45, 2.75) is 199 Å². The van der Waals surface area contributed by atoms with Gasteiger partial charge in [-0.15, -0.1) is 33.7 Å². The van der Waals surface area contributed by atoms with Gasteiger partial charge in [-0.05, 0) is 178 Å². The molecule has 73 heavy (non-hydrogen) atoms. The summed E-state index contributed by atoms with van der Waals surface area (Å²) in [4.78, 5) is 0. The van der Waals surface area contributed by atoms with E-state index in [1.165, 1.54) is 192 Å². The maximum atomic E-state index is 5.27. The van der Waals surface area contributed by atoms with Crippen LogP contribution in [0.1, 0.15) is 175 Å². The molecule has 0 unspecified atom stereocenters. The van der Waals surface area contributed by atoms with E-state index in [9.17, 15) is 0 Å². The maximum absolute atomic E-state index is 5.27. The molecule has 0 aromatic heterocycles. The van der Waals surface area contributed by atoms with Crippen LogP contribution in [0, 0.1) is 94.8 Å². The van der Waals surface area contributed by atoms with Crippen LogP contribution < -0.4 is 29.6 Å². The summed E-state index contributed by atoms with van der Waals surface area (Å²) in [7, 11) is 0. The van der Waals surface area contributed by atoms with Gasteiger partial charge in [0.15, 0.2) is 0 Å². The van der Waals surface area contributed by atoms with Gasteiger partial charge in [-0.25, -0.2) is 0 Å². The van der Waals surface area contributed by atoms with Gasteiger partial charge in [0.1, 0.15) is 0 Å². The summed E-state index contributed by atoms with van der Waals surface area (Å²) in [5, 5.41) is 15.8. The Kier molecular flexibility index (Phi) is 20.6. The topological polar surface area (TPSA) is 65.1 Å². The van der Waals surface area contributed by atoms with E-state index in [-0.39, 0.29) is 33.9 Å². The van der Waals surface area contributed by atoms with Crippen molar-refractivity contribution in [1.29, 1.82) is 0 Å². The first kappa shape index (κ1) is 57.8. The third-order valence-electron chi connectivity index (χ3n) is 18.5. The molecule has 6 nitrogen and oxygen atoms in total. The Labute approximate surface area is 484 Å². The summed E-state index contributed by atoms with van der Waals surface area (Å²) in [6.45, 7) is 17.1. The van der Waals surface area contributed by atoms with Gasteiger partial charge < -0.3 is 25.4 Å². The van der Waals surface area contributed by atoms with E-state index < -0.39 is 0 Å². The molecule has 14 fully saturated rings. The van der Waals surface area contributed by atoms with Gasteiger partial charge >= 0.3 is 79.4 Å². The number of aryl methyl sites for hydroxylation is 6. The van der Waals surface area contributed by atoms with Crippen molar-refractivity contribution >= 4 is 46.2 Å². The number of ether oxygens (including phenoxy) is 2. The van der Waals surface area contributed by atoms with E-state index in [1.54, 1.807) is 0 Å². The molecule has 2 heterocycles. The molecule has 0 N–H and O–H groups in total. The van der Waals surface area contributed by atoms with Crippen molar-refractivity contribution in [3.05, 3.63) is 108 Å². The van der Waals surface area contributed by atoms with E-state index >= 15 is 0 Å². The molecule has 10 heteroatoms. The molecule has 12 aliphatic carbocycles. The minimum atomic E-state index is 0. The average molecular weight is 1070 g/mol. The van der Waals surface area contributed by atoms with Crippen molar-refractivity contribution in [1.82, 2.24) is 0 Å². The Hall–Kier alpha value is -1.42. The van der Waals surface area contributed by atoms with Gasteiger partial charge in [0, 0.05) is 26.4 Å². The molecule has 392 valence electrons. The first-order chi connectivity index (χ1) is 34.6. The van der Waals surface area contributed by atoms with E-state index in [2.05, 4.69) is 125 Å². The van der Waals surface area contributed by atoms with Crippen molar-refractivity contribution in [2.24, 2.45) is 53.3 Å². The Morgan fingerprint density at radius 3 is 0.740 bits per heavy atom. The number of hydrogen-bond acceptors (Lipinski definition) is 4. The fraction of sp³-hybridized carbons (Fsp3) is 0.698. The number of hydrogen-bond donors (Lipinski definition) is 0. The minimum Gasteiger partial charge on any atom is 1.00 e. The second-order valence-electron chi connectivity index (χ2n) is 25.8. The summed E-state index contributed by atoms with van der Waals surface area (Å²) in [5.41, 5.74) is 12.8. The molecule has 0 atom stereocenters. The summed E-state index contributed by atoms with van der Waals surface area (Å²) in [5.74, 6) is 8.88. The number of rotatable bonds is 6. The van der Waals surface area contributed by atoms with Crippen LogP contribution in [0.2, 0.25) is 0 Å². The first-order valence-corrected chi connectivity index (χ1v) is 30.2. The Bertz CT molecular complexity index is 1940. The van der Waals surface area contributed by atoms with Crippen LogP contribution in [0.5, 0.6) is 0 Å². The largest absolute Gasteiger partial charge is 1.00 e. The molecule has 2 saturated heterocycles. The number of benzene rings is 3. The van der Waals surface area contributed by atoms with E-state index in [4.69, 9.17) is 25.4 Å². The van der Waals surface area contributed by atoms with Crippen molar-refractivity contribution in [3.8, 4) is 0 Å². The molecule has 3 aromatic carbocycles. The summed E-state index contributed by atoms with van der Waals surface area (Å²) < 4.78 is 13.5. The van der Waals surface area contributed by atoms with E-state index in [1.807, 2.05) is 17.1 Å². The predicted octanol–water partition coefficient (Wildman–Crippen LogP) is 15.1. The van der Waals surface area contributed by atoms with Gasteiger partial charge in [-0.1, -0.05) is 146 Å². The maximum Gasteiger partial charge on any atom is 1.00 e. The molecular weight excluding hydrogens is 983 g/mol. The summed E-state index contributed by atoms with van der Waals surface area (Å²) in [6, 6.07) is 20.4. The summed E-state index contributed by atoms with van der Waals surface area (Å²) in [6.07, 6.45) is 30.9. The zero-order valence-corrected chi connectivity index (χ0v) is 51.2. The molecule has 0 radical (unpaired) electrons. The van der Waals surface area contributed by atoms with Crippen LogP contribution >= 0.6 is 12.2 Å². The standard InChI is InChI=1S/3C18H24N.2C4H8O.CHNS2.Na.V/c3*1-12-3-13(2)5-17(4-12)19-18-9-14-6-15(10-18)8-16(7-14)11-18;2*1-2-4-5-3-1;2-1(3)4;;/h3*3-5,14-16H,6-11H2,1-2H3;2*1-4H2;(H,3,4);;/q3*-1;;;2*+1;/p-1. The minimum absolute atomic E-state index is 0. The molecule has 17 rings (SSSR count). The van der Waals surface area contributed by atoms with Crippen molar-refractivity contribution < 1.29 is 56.1 Å². The Balaban J connectivity index is 0.000000127. The predicted molar refractivity (Wildman–Crippen MR) is 303 cm³/mol. The van der Waals surface area contributed by atoms with Gasteiger partial charge in [-0.2, -0.15) is 0 Å². The fourth-order valence-electron chi connectivity index (χ4n) is 17.5. The second kappa shape index (κ2) is 26.0. The molecule has 2 aliphatic heterocycles. The van der Waals surface area contributed by atoms with Gasteiger partial charge in [0.25, 0.3) is 0 Å². The van der Waals surface area contributed by atoms with E-state index in [0.29, 0.717) is 16.6 Å². The monoisotopic (exact) mass is 1070 g/mol. The van der Waals surface area contributed by atoms with Gasteiger partial charge in [0.2, 0.25) is 0 Å². The zero-order chi connectivity index (χ0) is 50.5. The second-order valence-corrected chi connectivity index (χ2v) is 27.1. The molecule has 0 amide bonds. The van der Waals surface area contributed by atoms with Crippen LogP contribution in [0.25, 0.3) is 19.6 Å². The first-order valence-electron chi connectivity index (χ1n) is 28.7. The van der Waals surface area contributed by atoms with Crippen LogP contribution in [0.3, 0.4) is 0 Å². The number of thiocarbonyl (C=S) groups is 1. The molecule has 12 bridgehead atoms. The SMILES string of the molecule is C1CCOC1.C1CCOC1.Cc1cc(C)cc([N-]C23CC4CC(CC(C4)C2)C3)c1.Cc1cc(C)cc([N-]C23CC4CC(CC(C4)C2)C3)c1.Cc1cc(C)cc([N-]C23CC4CC(CC(C4)C2)C3)c1.S=C([S-])[N+]#[V].[Na+]. The van der Waals surface area contributed by atoms with Crippen LogP contribution in [-0.2, 0) is 39.2 Å². The van der Waals surface area contributed by atoms with Crippen LogP contribution in [0.4, 0.5) is 17.1 Å². The van der Waals surface area contributed by atoms with Crippen LogP contribution in [0.15, 0.2) is 54.6 Å². The molecule has 0 spiro atoms. The smallest absolute Gasteiger partial charge is 1.00 e.